The highest BCUT2D eigenvalue weighted by Gasteiger charge is 2.35. The van der Waals surface area contributed by atoms with Crippen molar-refractivity contribution in [1.29, 1.82) is 0 Å². The Hall–Kier alpha value is -0.900. The number of rotatable bonds is 5. The van der Waals surface area contributed by atoms with Gasteiger partial charge in [0.15, 0.2) is 0 Å². The van der Waals surface area contributed by atoms with Gasteiger partial charge in [-0.05, 0) is 31.2 Å². The first kappa shape index (κ1) is 19.1. The van der Waals surface area contributed by atoms with Crippen LogP contribution in [-0.2, 0) is 16.2 Å². The molecule has 0 aliphatic carbocycles. The summed E-state index contributed by atoms with van der Waals surface area (Å²) in [6.45, 7) is 0.233. The molecule has 3 N–H and O–H groups in total. The third kappa shape index (κ3) is 4.89. The smallest absolute Gasteiger partial charge is 0.330 e. The predicted molar refractivity (Wildman–Crippen MR) is 67.5 cm³/mol. The van der Waals surface area contributed by atoms with Crippen molar-refractivity contribution in [1.82, 2.24) is 4.72 Å². The van der Waals surface area contributed by atoms with Gasteiger partial charge in [0.05, 0.1) is 10.5 Å². The lowest BCUT2D eigenvalue weighted by atomic mass is 10.2. The number of hydrogen-bond donors (Lipinski definition) is 2. The average Bonchev–Trinajstić information content (AvgIpc) is 2.27. The van der Waals surface area contributed by atoms with E-state index in [0.717, 1.165) is 6.07 Å². The molecule has 0 spiro atoms. The molecule has 0 aliphatic rings. The van der Waals surface area contributed by atoms with Crippen LogP contribution in [0.4, 0.5) is 17.6 Å². The maximum Gasteiger partial charge on any atom is 0.419 e. The number of hydrogen-bond acceptors (Lipinski definition) is 3. The number of alkyl halides is 3. The molecule has 1 aromatic rings. The average molecular weight is 337 g/mol. The zero-order valence-corrected chi connectivity index (χ0v) is 11.7. The summed E-state index contributed by atoms with van der Waals surface area (Å²) < 4.78 is 75.8. The zero-order chi connectivity index (χ0) is 14.7. The number of sulfonamides is 1. The van der Waals surface area contributed by atoms with Gasteiger partial charge in [0.1, 0.15) is 5.82 Å². The van der Waals surface area contributed by atoms with Crippen LogP contribution >= 0.6 is 12.4 Å². The molecule has 0 aliphatic heterocycles. The minimum absolute atomic E-state index is 0. The van der Waals surface area contributed by atoms with E-state index in [9.17, 15) is 26.0 Å². The maximum absolute atomic E-state index is 13.0. The summed E-state index contributed by atoms with van der Waals surface area (Å²) in [7, 11) is -4.10. The van der Waals surface area contributed by atoms with Crippen LogP contribution in [0, 0.1) is 5.82 Å². The molecule has 0 amide bonds. The molecule has 0 aromatic heterocycles. The van der Waals surface area contributed by atoms with Gasteiger partial charge in [-0.15, -0.1) is 12.4 Å². The highest BCUT2D eigenvalue weighted by Crippen LogP contribution is 2.32. The van der Waals surface area contributed by atoms with E-state index < -0.39 is 32.5 Å². The second kappa shape index (κ2) is 7.21. The van der Waals surface area contributed by atoms with Crippen LogP contribution in [-0.4, -0.2) is 21.5 Å². The maximum atomic E-state index is 13.0. The fourth-order valence-electron chi connectivity index (χ4n) is 1.28. The Morgan fingerprint density at radius 3 is 2.35 bits per heavy atom. The molecule has 116 valence electrons. The Bertz CT molecular complexity index is 549. The molecule has 10 heteroatoms. The first-order valence-electron chi connectivity index (χ1n) is 5.25. The number of halogens is 5. The lowest BCUT2D eigenvalue weighted by Crippen LogP contribution is -2.26. The van der Waals surface area contributed by atoms with Gasteiger partial charge in [-0.25, -0.2) is 17.5 Å². The van der Waals surface area contributed by atoms with Gasteiger partial charge in [0.25, 0.3) is 0 Å². The van der Waals surface area contributed by atoms with Crippen molar-refractivity contribution in [3.8, 4) is 0 Å². The number of nitrogens with two attached hydrogens (primary N) is 1. The summed E-state index contributed by atoms with van der Waals surface area (Å²) in [4.78, 5) is -0.641. The first-order chi connectivity index (χ1) is 8.68. The Morgan fingerprint density at radius 2 is 1.85 bits per heavy atom. The van der Waals surface area contributed by atoms with Crippen molar-refractivity contribution in [2.45, 2.75) is 17.5 Å². The van der Waals surface area contributed by atoms with E-state index in [4.69, 9.17) is 5.73 Å². The topological polar surface area (TPSA) is 72.2 Å². The van der Waals surface area contributed by atoms with Gasteiger partial charge in [-0.2, -0.15) is 13.2 Å². The van der Waals surface area contributed by atoms with Gasteiger partial charge in [0.2, 0.25) is 10.0 Å². The fourth-order valence-corrected chi connectivity index (χ4v) is 2.38. The molecule has 0 bridgehead atoms. The molecule has 20 heavy (non-hydrogen) atoms. The van der Waals surface area contributed by atoms with Crippen LogP contribution in [0.1, 0.15) is 12.0 Å². The van der Waals surface area contributed by atoms with E-state index in [-0.39, 0.29) is 31.6 Å². The van der Waals surface area contributed by atoms with Gasteiger partial charge in [-0.1, -0.05) is 0 Å². The van der Waals surface area contributed by atoms with Gasteiger partial charge >= 0.3 is 6.18 Å². The van der Waals surface area contributed by atoms with Gasteiger partial charge in [-0.3, -0.25) is 0 Å². The number of nitrogens with one attached hydrogen (secondary N) is 1. The molecular formula is C10H13ClF4N2O2S. The monoisotopic (exact) mass is 336 g/mol. The summed E-state index contributed by atoms with van der Waals surface area (Å²) in [5.41, 5.74) is 3.55. The van der Waals surface area contributed by atoms with Crippen molar-refractivity contribution < 1.29 is 26.0 Å². The van der Waals surface area contributed by atoms with Crippen LogP contribution in [0.15, 0.2) is 23.1 Å². The fraction of sp³-hybridized carbons (Fsp3) is 0.400. The second-order valence-corrected chi connectivity index (χ2v) is 5.45. The molecule has 0 atom stereocenters. The van der Waals surface area contributed by atoms with Gasteiger partial charge in [0, 0.05) is 6.54 Å². The summed E-state index contributed by atoms with van der Waals surface area (Å²) in [5.74, 6) is -1.52. The van der Waals surface area contributed by atoms with Crippen molar-refractivity contribution >= 4 is 22.4 Å². The van der Waals surface area contributed by atoms with E-state index in [2.05, 4.69) is 4.72 Å². The summed E-state index contributed by atoms with van der Waals surface area (Å²) in [6.07, 6.45) is -4.61. The van der Waals surface area contributed by atoms with Crippen molar-refractivity contribution in [3.63, 3.8) is 0 Å². The quantitative estimate of drug-likeness (QED) is 0.637. The molecule has 0 saturated heterocycles. The standard InChI is InChI=1S/C10H12F4N2O2S.ClH/c11-9-3-2-7(6-8(9)10(12,13)14)19(17,18)16-5-1-4-15;/h2-3,6,16H,1,4-5,15H2;1H. The van der Waals surface area contributed by atoms with Crippen LogP contribution < -0.4 is 10.5 Å². The summed E-state index contributed by atoms with van der Waals surface area (Å²) in [6, 6.07) is 1.51. The molecule has 1 rings (SSSR count). The van der Waals surface area contributed by atoms with E-state index in [1.165, 1.54) is 0 Å². The molecule has 0 unspecified atom stereocenters. The van der Waals surface area contributed by atoms with E-state index in [1.807, 2.05) is 0 Å². The van der Waals surface area contributed by atoms with Crippen molar-refractivity contribution in [2.24, 2.45) is 5.73 Å². The van der Waals surface area contributed by atoms with Crippen LogP contribution in [0.2, 0.25) is 0 Å². The summed E-state index contributed by atoms with van der Waals surface area (Å²) >= 11 is 0. The Labute approximate surface area is 119 Å². The van der Waals surface area contributed by atoms with Crippen molar-refractivity contribution in [2.75, 3.05) is 13.1 Å². The molecule has 4 nitrogen and oxygen atoms in total. The third-order valence-electron chi connectivity index (χ3n) is 2.23. The first-order valence-corrected chi connectivity index (χ1v) is 6.73. The minimum Gasteiger partial charge on any atom is -0.330 e. The molecule has 1 aromatic carbocycles. The zero-order valence-electron chi connectivity index (χ0n) is 10.1. The molecular weight excluding hydrogens is 324 g/mol. The normalized spacial score (nSPS) is 12.1. The largest absolute Gasteiger partial charge is 0.419 e. The Kier molecular flexibility index (Phi) is 6.88. The van der Waals surface area contributed by atoms with Gasteiger partial charge < -0.3 is 5.73 Å². The summed E-state index contributed by atoms with van der Waals surface area (Å²) in [5, 5.41) is 0. The molecule has 0 radical (unpaired) electrons. The van der Waals surface area contributed by atoms with E-state index in [0.29, 0.717) is 12.5 Å². The van der Waals surface area contributed by atoms with Crippen molar-refractivity contribution in [3.05, 3.63) is 29.6 Å². The third-order valence-corrected chi connectivity index (χ3v) is 3.69. The van der Waals surface area contributed by atoms with Crippen LogP contribution in [0.3, 0.4) is 0 Å². The van der Waals surface area contributed by atoms with E-state index in [1.54, 1.807) is 0 Å². The molecule has 0 saturated carbocycles. The lowest BCUT2D eigenvalue weighted by Gasteiger charge is -2.11. The Morgan fingerprint density at radius 1 is 1.25 bits per heavy atom. The molecule has 0 heterocycles. The van der Waals surface area contributed by atoms with E-state index >= 15 is 0 Å². The lowest BCUT2D eigenvalue weighted by molar-refractivity contribution is -0.140. The molecule has 0 fully saturated rings. The van der Waals surface area contributed by atoms with Crippen LogP contribution in [0.5, 0.6) is 0 Å². The SMILES string of the molecule is Cl.NCCCNS(=O)(=O)c1ccc(F)c(C(F)(F)F)c1. The highest BCUT2D eigenvalue weighted by molar-refractivity contribution is 7.89. The number of benzene rings is 1. The Balaban J connectivity index is 0.00000361. The minimum atomic E-state index is -4.95. The predicted octanol–water partition coefficient (Wildman–Crippen LogP) is 1.89. The van der Waals surface area contributed by atoms with Crippen LogP contribution in [0.25, 0.3) is 0 Å². The highest BCUT2D eigenvalue weighted by atomic mass is 35.5. The second-order valence-electron chi connectivity index (χ2n) is 3.68.